The van der Waals surface area contributed by atoms with Crippen LogP contribution in [0.2, 0.25) is 5.02 Å². The Morgan fingerprint density at radius 2 is 2.04 bits per heavy atom. The summed E-state index contributed by atoms with van der Waals surface area (Å²) in [5, 5.41) is 2.97. The smallest absolute Gasteiger partial charge is 0.417 e. The predicted molar refractivity (Wildman–Crippen MR) is 107 cm³/mol. The molecule has 1 fully saturated rings. The molecule has 3 rings (SSSR count). The fourth-order valence-electron chi connectivity index (χ4n) is 3.26. The quantitative estimate of drug-likeness (QED) is 0.669. The number of benzene rings is 1. The van der Waals surface area contributed by atoms with Gasteiger partial charge in [0.1, 0.15) is 5.76 Å². The number of halogens is 4. The van der Waals surface area contributed by atoms with Gasteiger partial charge < -0.3 is 19.5 Å². The van der Waals surface area contributed by atoms with Crippen molar-refractivity contribution in [2.45, 2.75) is 31.6 Å². The van der Waals surface area contributed by atoms with Gasteiger partial charge in [0.15, 0.2) is 5.11 Å². The number of rotatable bonds is 4. The minimum atomic E-state index is -4.53. The standard InChI is InChI=1S/C19H21ClF3N3OS/c1-25-8-6-14(7-9-25)26(12-15-3-2-10-27-15)18(28)24-13-4-5-17(20)16(11-13)19(21,22)23/h2-5,10-11,14H,6-9,12H2,1H3,(H,24,28). The van der Waals surface area contributed by atoms with Crippen molar-refractivity contribution in [3.8, 4) is 0 Å². The molecule has 1 N–H and O–H groups in total. The minimum absolute atomic E-state index is 0.177. The third-order valence-electron chi connectivity index (χ3n) is 4.82. The Hall–Kier alpha value is -1.77. The van der Waals surface area contributed by atoms with Crippen molar-refractivity contribution in [2.24, 2.45) is 0 Å². The first-order valence-corrected chi connectivity index (χ1v) is 9.68. The summed E-state index contributed by atoms with van der Waals surface area (Å²) in [4.78, 5) is 4.23. The summed E-state index contributed by atoms with van der Waals surface area (Å²) in [5.41, 5.74) is -0.641. The molecule has 9 heteroatoms. The second-order valence-corrected chi connectivity index (χ2v) is 7.66. The number of thiocarbonyl (C=S) groups is 1. The topological polar surface area (TPSA) is 31.6 Å². The largest absolute Gasteiger partial charge is 0.467 e. The van der Waals surface area contributed by atoms with Gasteiger partial charge in [-0.3, -0.25) is 0 Å². The van der Waals surface area contributed by atoms with Crippen LogP contribution in [0.4, 0.5) is 18.9 Å². The highest BCUT2D eigenvalue weighted by Crippen LogP contribution is 2.36. The van der Waals surface area contributed by atoms with E-state index in [1.165, 1.54) is 12.1 Å². The Kier molecular flexibility index (Phi) is 6.52. The first kappa shape index (κ1) is 21.0. The van der Waals surface area contributed by atoms with Gasteiger partial charge in [0.25, 0.3) is 0 Å². The molecule has 0 spiro atoms. The maximum atomic E-state index is 13.1. The fourth-order valence-corrected chi connectivity index (χ4v) is 3.82. The van der Waals surface area contributed by atoms with E-state index in [4.69, 9.17) is 28.2 Å². The Morgan fingerprint density at radius 1 is 1.32 bits per heavy atom. The Labute approximate surface area is 172 Å². The SMILES string of the molecule is CN1CCC(N(Cc2ccco2)C(=S)Nc2ccc(Cl)c(C(F)(F)F)c2)CC1. The molecular weight excluding hydrogens is 411 g/mol. The molecule has 1 aliphatic rings. The van der Waals surface area contributed by atoms with E-state index >= 15 is 0 Å². The van der Waals surface area contributed by atoms with Crippen molar-refractivity contribution >= 4 is 34.6 Å². The third kappa shape index (κ3) is 5.18. The zero-order valence-corrected chi connectivity index (χ0v) is 16.9. The van der Waals surface area contributed by atoms with Crippen molar-refractivity contribution in [1.82, 2.24) is 9.80 Å². The van der Waals surface area contributed by atoms with Crippen LogP contribution in [-0.4, -0.2) is 41.1 Å². The van der Waals surface area contributed by atoms with E-state index in [2.05, 4.69) is 17.3 Å². The molecule has 0 atom stereocenters. The van der Waals surface area contributed by atoms with Crippen molar-refractivity contribution in [3.63, 3.8) is 0 Å². The Morgan fingerprint density at radius 3 is 2.64 bits per heavy atom. The van der Waals surface area contributed by atoms with E-state index in [1.807, 2.05) is 11.0 Å². The number of hydrogen-bond acceptors (Lipinski definition) is 3. The van der Waals surface area contributed by atoms with Crippen molar-refractivity contribution < 1.29 is 17.6 Å². The van der Waals surface area contributed by atoms with Gasteiger partial charge in [0.2, 0.25) is 0 Å². The van der Waals surface area contributed by atoms with Crippen molar-refractivity contribution in [1.29, 1.82) is 0 Å². The lowest BCUT2D eigenvalue weighted by Gasteiger charge is -2.38. The molecule has 0 saturated carbocycles. The highest BCUT2D eigenvalue weighted by molar-refractivity contribution is 7.80. The first-order chi connectivity index (χ1) is 13.2. The predicted octanol–water partition coefficient (Wildman–Crippen LogP) is 5.25. The highest BCUT2D eigenvalue weighted by atomic mass is 35.5. The van der Waals surface area contributed by atoms with E-state index in [0.29, 0.717) is 11.7 Å². The zero-order valence-electron chi connectivity index (χ0n) is 15.3. The van der Waals surface area contributed by atoms with Crippen LogP contribution in [0.1, 0.15) is 24.2 Å². The van der Waals surface area contributed by atoms with Crippen LogP contribution in [0, 0.1) is 0 Å². The van der Waals surface area contributed by atoms with E-state index in [-0.39, 0.29) is 16.8 Å². The highest BCUT2D eigenvalue weighted by Gasteiger charge is 2.33. The second kappa shape index (κ2) is 8.71. The van der Waals surface area contributed by atoms with E-state index in [9.17, 15) is 13.2 Å². The molecule has 1 aromatic heterocycles. The molecule has 1 aromatic carbocycles. The molecule has 0 unspecified atom stereocenters. The molecule has 28 heavy (non-hydrogen) atoms. The fraction of sp³-hybridized carbons (Fsp3) is 0.421. The molecular formula is C19H21ClF3N3OS. The van der Waals surface area contributed by atoms with Crippen LogP contribution in [0.5, 0.6) is 0 Å². The summed E-state index contributed by atoms with van der Waals surface area (Å²) in [7, 11) is 2.07. The third-order valence-corrected chi connectivity index (χ3v) is 5.49. The summed E-state index contributed by atoms with van der Waals surface area (Å²) in [6.07, 6.45) is -1.12. The molecule has 1 aliphatic heterocycles. The number of nitrogens with zero attached hydrogens (tertiary/aromatic N) is 2. The van der Waals surface area contributed by atoms with Crippen LogP contribution < -0.4 is 5.32 Å². The first-order valence-electron chi connectivity index (χ1n) is 8.89. The molecule has 0 aliphatic carbocycles. The van der Waals surface area contributed by atoms with Gasteiger partial charge in [-0.05, 0) is 75.5 Å². The number of alkyl halides is 3. The lowest BCUT2D eigenvalue weighted by atomic mass is 10.0. The molecule has 4 nitrogen and oxygen atoms in total. The molecule has 2 heterocycles. The average molecular weight is 432 g/mol. The van der Waals surface area contributed by atoms with Crippen LogP contribution >= 0.6 is 23.8 Å². The van der Waals surface area contributed by atoms with Gasteiger partial charge in [-0.15, -0.1) is 0 Å². The summed E-state index contributed by atoms with van der Waals surface area (Å²) in [5.74, 6) is 0.746. The molecule has 2 aromatic rings. The van der Waals surface area contributed by atoms with Gasteiger partial charge in [-0.25, -0.2) is 0 Å². The number of anilines is 1. The normalized spacial score (nSPS) is 16.2. The maximum absolute atomic E-state index is 13.1. The Bertz CT molecular complexity index is 805. The summed E-state index contributed by atoms with van der Waals surface area (Å²) in [6.45, 7) is 2.31. The van der Waals surface area contributed by atoms with Crippen LogP contribution in [0.25, 0.3) is 0 Å². The van der Waals surface area contributed by atoms with Gasteiger partial charge in [0, 0.05) is 11.7 Å². The number of hydrogen-bond donors (Lipinski definition) is 1. The zero-order chi connectivity index (χ0) is 20.3. The van der Waals surface area contributed by atoms with Gasteiger partial charge in [0.05, 0.1) is 23.4 Å². The van der Waals surface area contributed by atoms with Crippen molar-refractivity contribution in [3.05, 3.63) is 52.9 Å². The van der Waals surface area contributed by atoms with Crippen molar-refractivity contribution in [2.75, 3.05) is 25.5 Å². The van der Waals surface area contributed by atoms with E-state index in [1.54, 1.807) is 12.3 Å². The number of nitrogens with one attached hydrogen (secondary N) is 1. The van der Waals surface area contributed by atoms with Gasteiger partial charge in [-0.1, -0.05) is 11.6 Å². The van der Waals surface area contributed by atoms with Crippen LogP contribution in [-0.2, 0) is 12.7 Å². The lowest BCUT2D eigenvalue weighted by molar-refractivity contribution is -0.137. The number of furan rings is 1. The summed E-state index contributed by atoms with van der Waals surface area (Å²) < 4.78 is 44.8. The Balaban J connectivity index is 1.79. The molecule has 0 radical (unpaired) electrons. The number of piperidine rings is 1. The molecule has 1 saturated heterocycles. The van der Waals surface area contributed by atoms with E-state index < -0.39 is 11.7 Å². The van der Waals surface area contributed by atoms with Crippen LogP contribution in [0.15, 0.2) is 41.0 Å². The summed E-state index contributed by atoms with van der Waals surface area (Å²) >= 11 is 11.3. The molecule has 0 amide bonds. The van der Waals surface area contributed by atoms with Crippen LogP contribution in [0.3, 0.4) is 0 Å². The second-order valence-electron chi connectivity index (χ2n) is 6.86. The van der Waals surface area contributed by atoms with Gasteiger partial charge in [-0.2, -0.15) is 13.2 Å². The average Bonchev–Trinajstić information content (AvgIpc) is 3.14. The maximum Gasteiger partial charge on any atom is 0.417 e. The monoisotopic (exact) mass is 431 g/mol. The lowest BCUT2D eigenvalue weighted by Crippen LogP contribution is -2.47. The number of likely N-dealkylation sites (tertiary alicyclic amines) is 1. The van der Waals surface area contributed by atoms with E-state index in [0.717, 1.165) is 37.8 Å². The molecule has 152 valence electrons. The van der Waals surface area contributed by atoms with Gasteiger partial charge >= 0.3 is 6.18 Å². The molecule has 0 bridgehead atoms. The summed E-state index contributed by atoms with van der Waals surface area (Å²) in [6, 6.07) is 7.53. The minimum Gasteiger partial charge on any atom is -0.467 e.